The SMILES string of the molecule is CP1(=O)c2ccccc2-c2ccc(-c3cccc(-c4cccc(-c5cccc(-c6nc7c(-c8ccccc8)cc(-c8ccccc8)cn7n6)c5)c4)c3)cc21. The van der Waals surface area contributed by atoms with Crippen molar-refractivity contribution in [3.63, 3.8) is 0 Å². The van der Waals surface area contributed by atoms with Gasteiger partial charge < -0.3 is 4.57 Å². The van der Waals surface area contributed by atoms with Crippen molar-refractivity contribution in [2.45, 2.75) is 0 Å². The Kier molecular flexibility index (Phi) is 7.61. The fraction of sp³-hybridized carbons (Fsp3) is 0.0204. The third-order valence-electron chi connectivity index (χ3n) is 10.6. The minimum absolute atomic E-state index is 0.678. The van der Waals surface area contributed by atoms with Crippen LogP contribution in [0.15, 0.2) is 188 Å². The van der Waals surface area contributed by atoms with Crippen molar-refractivity contribution >= 4 is 23.4 Å². The van der Waals surface area contributed by atoms with Crippen molar-refractivity contribution in [1.82, 2.24) is 14.6 Å². The first-order valence-electron chi connectivity index (χ1n) is 18.1. The maximum Gasteiger partial charge on any atom is 0.182 e. The maximum atomic E-state index is 14.0. The van der Waals surface area contributed by atoms with Crippen LogP contribution in [0.5, 0.6) is 0 Å². The molecule has 0 fully saturated rings. The van der Waals surface area contributed by atoms with E-state index >= 15 is 0 Å². The van der Waals surface area contributed by atoms with Gasteiger partial charge in [0.1, 0.15) is 7.14 Å². The molecule has 3 heterocycles. The summed E-state index contributed by atoms with van der Waals surface area (Å²) >= 11 is 0. The molecule has 0 saturated heterocycles. The van der Waals surface area contributed by atoms with Crippen LogP contribution in [0.25, 0.3) is 83.8 Å². The molecule has 0 N–H and O–H groups in total. The highest BCUT2D eigenvalue weighted by molar-refractivity contribution is 7.79. The molecule has 2 aromatic heterocycles. The molecule has 1 atom stereocenters. The zero-order valence-electron chi connectivity index (χ0n) is 29.6. The lowest BCUT2D eigenvalue weighted by molar-refractivity contribution is 0.591. The number of hydrogen-bond acceptors (Lipinski definition) is 3. The van der Waals surface area contributed by atoms with E-state index in [-0.39, 0.29) is 0 Å². The fourth-order valence-electron chi connectivity index (χ4n) is 7.82. The van der Waals surface area contributed by atoms with Crippen LogP contribution in [0.1, 0.15) is 0 Å². The standard InChI is InChI=1S/C49H34N3OP/c1-54(53)46-24-9-8-23-43(46)44-26-25-40(31-47(44)54)38-20-11-18-36(28-38)35-17-10-19-37(27-35)39-21-12-22-41(29-39)48-50-49-45(34-15-6-3-7-16-34)30-42(32-52(49)51-48)33-13-4-2-5-14-33/h2-32H,1H3. The Balaban J connectivity index is 0.992. The van der Waals surface area contributed by atoms with Crippen molar-refractivity contribution in [3.8, 4) is 78.1 Å². The highest BCUT2D eigenvalue weighted by atomic mass is 31.2. The highest BCUT2D eigenvalue weighted by Gasteiger charge is 2.34. The number of nitrogens with zero attached hydrogens (tertiary/aromatic N) is 3. The number of hydrogen-bond donors (Lipinski definition) is 0. The van der Waals surface area contributed by atoms with Gasteiger partial charge in [-0.25, -0.2) is 9.50 Å². The lowest BCUT2D eigenvalue weighted by atomic mass is 9.95. The van der Waals surface area contributed by atoms with Gasteiger partial charge in [-0.15, -0.1) is 5.10 Å². The third kappa shape index (κ3) is 5.51. The van der Waals surface area contributed by atoms with E-state index in [0.717, 1.165) is 88.6 Å². The molecule has 1 unspecified atom stereocenters. The summed E-state index contributed by atoms with van der Waals surface area (Å²) in [4.78, 5) is 5.11. The zero-order chi connectivity index (χ0) is 36.2. The number of rotatable bonds is 6. The monoisotopic (exact) mass is 711 g/mol. The topological polar surface area (TPSA) is 47.3 Å². The van der Waals surface area contributed by atoms with E-state index in [2.05, 4.69) is 158 Å². The second kappa shape index (κ2) is 12.8. The lowest BCUT2D eigenvalue weighted by Crippen LogP contribution is -2.08. The summed E-state index contributed by atoms with van der Waals surface area (Å²) in [6.07, 6.45) is 2.07. The number of benzene rings is 7. The average molecular weight is 712 g/mol. The van der Waals surface area contributed by atoms with Gasteiger partial charge in [0, 0.05) is 33.5 Å². The molecule has 0 bridgehead atoms. The predicted molar refractivity (Wildman–Crippen MR) is 224 cm³/mol. The molecule has 0 spiro atoms. The first-order valence-corrected chi connectivity index (χ1v) is 20.3. The molecule has 5 heteroatoms. The number of aromatic nitrogens is 3. The van der Waals surface area contributed by atoms with Crippen molar-refractivity contribution in [2.75, 3.05) is 6.66 Å². The Bertz CT molecular complexity index is 2930. The smallest absolute Gasteiger partial charge is 0.182 e. The minimum Gasteiger partial charge on any atom is -0.314 e. The van der Waals surface area contributed by atoms with Gasteiger partial charge in [-0.2, -0.15) is 0 Å². The maximum absolute atomic E-state index is 14.0. The Hall–Kier alpha value is -6.61. The van der Waals surface area contributed by atoms with E-state index in [9.17, 15) is 4.57 Å². The summed E-state index contributed by atoms with van der Waals surface area (Å²) in [6.45, 7) is 1.90. The van der Waals surface area contributed by atoms with Gasteiger partial charge >= 0.3 is 0 Å². The molecular weight excluding hydrogens is 678 g/mol. The predicted octanol–water partition coefficient (Wildman–Crippen LogP) is 11.7. The molecule has 0 amide bonds. The first-order chi connectivity index (χ1) is 26.5. The second-order valence-electron chi connectivity index (χ2n) is 14.0. The third-order valence-corrected chi connectivity index (χ3v) is 13.2. The van der Waals surface area contributed by atoms with Gasteiger partial charge in [-0.1, -0.05) is 152 Å². The Labute approximate surface area is 314 Å². The van der Waals surface area contributed by atoms with Crippen LogP contribution >= 0.6 is 7.14 Å². The Morgan fingerprint density at radius 3 is 1.56 bits per heavy atom. The minimum atomic E-state index is -2.66. The molecule has 4 nitrogen and oxygen atoms in total. The summed E-state index contributed by atoms with van der Waals surface area (Å²) < 4.78 is 15.9. The van der Waals surface area contributed by atoms with Crippen molar-refractivity contribution in [3.05, 3.63) is 188 Å². The molecule has 10 rings (SSSR count). The van der Waals surface area contributed by atoms with E-state index in [1.54, 1.807) is 0 Å². The van der Waals surface area contributed by atoms with E-state index < -0.39 is 7.14 Å². The van der Waals surface area contributed by atoms with Crippen LogP contribution in [-0.4, -0.2) is 21.3 Å². The summed E-state index contributed by atoms with van der Waals surface area (Å²) in [5.41, 5.74) is 14.9. The van der Waals surface area contributed by atoms with Gasteiger partial charge in [0.15, 0.2) is 11.5 Å². The van der Waals surface area contributed by atoms with Gasteiger partial charge in [-0.3, -0.25) is 0 Å². The first kappa shape index (κ1) is 32.1. The van der Waals surface area contributed by atoms with E-state index in [1.807, 2.05) is 41.5 Å². The molecule has 256 valence electrons. The van der Waals surface area contributed by atoms with Crippen LogP contribution in [0, 0.1) is 0 Å². The lowest BCUT2D eigenvalue weighted by Gasteiger charge is -2.12. The largest absolute Gasteiger partial charge is 0.314 e. The zero-order valence-corrected chi connectivity index (χ0v) is 30.5. The molecule has 1 aliphatic rings. The molecular formula is C49H34N3OP. The van der Waals surface area contributed by atoms with Crippen LogP contribution < -0.4 is 10.6 Å². The molecule has 0 saturated carbocycles. The molecule has 0 aliphatic carbocycles. The Morgan fingerprint density at radius 2 is 0.907 bits per heavy atom. The quantitative estimate of drug-likeness (QED) is 0.161. The van der Waals surface area contributed by atoms with Gasteiger partial charge in [0.25, 0.3) is 0 Å². The number of pyridine rings is 1. The number of fused-ring (bicyclic) bond motifs is 4. The van der Waals surface area contributed by atoms with Gasteiger partial charge in [0.2, 0.25) is 0 Å². The van der Waals surface area contributed by atoms with E-state index in [0.29, 0.717) is 5.82 Å². The summed E-state index contributed by atoms with van der Waals surface area (Å²) in [6, 6.07) is 63.3. The Morgan fingerprint density at radius 1 is 0.407 bits per heavy atom. The molecule has 0 radical (unpaired) electrons. The highest BCUT2D eigenvalue weighted by Crippen LogP contribution is 2.50. The molecule has 9 aromatic rings. The van der Waals surface area contributed by atoms with Gasteiger partial charge in [-0.05, 0) is 92.6 Å². The molecule has 7 aromatic carbocycles. The fourth-order valence-corrected chi connectivity index (χ4v) is 10.1. The summed E-state index contributed by atoms with van der Waals surface area (Å²) in [5.74, 6) is 0.678. The van der Waals surface area contributed by atoms with Crippen molar-refractivity contribution in [1.29, 1.82) is 0 Å². The van der Waals surface area contributed by atoms with Crippen molar-refractivity contribution < 1.29 is 4.57 Å². The van der Waals surface area contributed by atoms with E-state index in [4.69, 9.17) is 10.1 Å². The van der Waals surface area contributed by atoms with Crippen LogP contribution in [0.2, 0.25) is 0 Å². The van der Waals surface area contributed by atoms with Gasteiger partial charge in [0.05, 0.1) is 0 Å². The van der Waals surface area contributed by atoms with Crippen LogP contribution in [0.3, 0.4) is 0 Å². The van der Waals surface area contributed by atoms with Crippen LogP contribution in [0.4, 0.5) is 0 Å². The second-order valence-corrected chi connectivity index (χ2v) is 16.8. The normalized spacial score (nSPS) is 14.5. The van der Waals surface area contributed by atoms with E-state index in [1.165, 1.54) is 0 Å². The summed E-state index contributed by atoms with van der Waals surface area (Å²) in [7, 11) is -2.66. The van der Waals surface area contributed by atoms with Crippen LogP contribution in [-0.2, 0) is 4.57 Å². The molecule has 54 heavy (non-hydrogen) atoms. The molecule has 1 aliphatic heterocycles. The van der Waals surface area contributed by atoms with Crippen molar-refractivity contribution in [2.24, 2.45) is 0 Å². The summed E-state index contributed by atoms with van der Waals surface area (Å²) in [5, 5.41) is 6.93. The average Bonchev–Trinajstić information content (AvgIpc) is 3.77.